The highest BCUT2D eigenvalue weighted by molar-refractivity contribution is 8.18. The van der Waals surface area contributed by atoms with Gasteiger partial charge in [-0.05, 0) is 59.5 Å². The number of rotatable bonds is 7. The van der Waals surface area contributed by atoms with Crippen molar-refractivity contribution in [3.05, 3.63) is 73.1 Å². The Kier molecular flexibility index (Phi) is 7.02. The zero-order valence-electron chi connectivity index (χ0n) is 17.3. The van der Waals surface area contributed by atoms with E-state index in [2.05, 4.69) is 13.8 Å². The summed E-state index contributed by atoms with van der Waals surface area (Å²) in [6, 6.07) is 10.2. The van der Waals surface area contributed by atoms with Crippen molar-refractivity contribution in [3.8, 4) is 5.75 Å². The van der Waals surface area contributed by atoms with E-state index < -0.39 is 16.1 Å². The van der Waals surface area contributed by atoms with Gasteiger partial charge in [0, 0.05) is 6.07 Å². The summed E-state index contributed by atoms with van der Waals surface area (Å²) in [7, 11) is 0. The number of amides is 2. The maximum Gasteiger partial charge on any atom is 0.293 e. The molecule has 0 unspecified atom stereocenters. The lowest BCUT2D eigenvalue weighted by Crippen LogP contribution is -2.32. The molecule has 0 spiro atoms. The van der Waals surface area contributed by atoms with Crippen LogP contribution in [0.5, 0.6) is 5.75 Å². The topological polar surface area (TPSA) is 89.8 Å². The largest absolute Gasteiger partial charge is 0.491 e. The first-order valence-electron chi connectivity index (χ1n) is 9.60. The fourth-order valence-electron chi connectivity index (χ4n) is 3.09. The number of nitro groups is 1. The van der Waals surface area contributed by atoms with Crippen LogP contribution in [0.4, 0.5) is 10.5 Å². The van der Waals surface area contributed by atoms with E-state index in [0.717, 1.165) is 33.5 Å². The fourth-order valence-corrected chi connectivity index (χ4v) is 4.15. The minimum atomic E-state index is -0.598. The zero-order valence-corrected chi connectivity index (χ0v) is 18.8. The maximum absolute atomic E-state index is 12.7. The first kappa shape index (κ1) is 22.8. The third-order valence-electron chi connectivity index (χ3n) is 4.70. The van der Waals surface area contributed by atoms with Crippen LogP contribution < -0.4 is 4.74 Å². The van der Waals surface area contributed by atoms with Crippen LogP contribution in [0.3, 0.4) is 0 Å². The van der Waals surface area contributed by atoms with Crippen molar-refractivity contribution in [2.45, 2.75) is 26.7 Å². The van der Waals surface area contributed by atoms with Crippen molar-refractivity contribution in [1.82, 2.24) is 4.90 Å². The average Bonchev–Trinajstić information content (AvgIpc) is 2.96. The molecule has 162 valence electrons. The van der Waals surface area contributed by atoms with E-state index in [0.29, 0.717) is 5.56 Å². The molecule has 0 aromatic heterocycles. The maximum atomic E-state index is 12.7. The molecule has 2 aromatic carbocycles. The zero-order chi connectivity index (χ0) is 22.7. The highest BCUT2D eigenvalue weighted by Crippen LogP contribution is 2.34. The predicted octanol–water partition coefficient (Wildman–Crippen LogP) is 5.80. The number of ether oxygens (including phenoxy) is 1. The number of hydrogen-bond donors (Lipinski definition) is 0. The molecule has 1 fully saturated rings. The Morgan fingerprint density at radius 3 is 2.65 bits per heavy atom. The molecule has 0 bridgehead atoms. The molecule has 1 saturated heterocycles. The van der Waals surface area contributed by atoms with Crippen LogP contribution in [0.25, 0.3) is 6.08 Å². The van der Waals surface area contributed by atoms with E-state index in [-0.39, 0.29) is 34.7 Å². The van der Waals surface area contributed by atoms with Crippen molar-refractivity contribution < 1.29 is 19.2 Å². The van der Waals surface area contributed by atoms with Crippen LogP contribution in [0.2, 0.25) is 5.02 Å². The number of imide groups is 1. The number of halogens is 1. The Balaban J connectivity index is 1.70. The fraction of sp³-hybridized carbons (Fsp3) is 0.273. The van der Waals surface area contributed by atoms with Crippen LogP contribution >= 0.6 is 23.4 Å². The number of aryl methyl sites for hydroxylation is 1. The molecule has 2 amide bonds. The Bertz CT molecular complexity index is 1080. The SMILES string of the molecule is Cc1ccc(C(C)C)c(OCCN2C(=O)S/C(=C\c3ccc(Cl)c([N+](=O)[O-])c3)C2=O)c1. The van der Waals surface area contributed by atoms with Gasteiger partial charge in [0.1, 0.15) is 17.4 Å². The molecule has 0 radical (unpaired) electrons. The Morgan fingerprint density at radius 2 is 1.97 bits per heavy atom. The van der Waals surface area contributed by atoms with E-state index in [1.54, 1.807) is 6.07 Å². The van der Waals surface area contributed by atoms with E-state index in [1.807, 2.05) is 25.1 Å². The average molecular weight is 461 g/mol. The molecule has 2 aromatic rings. The molecule has 1 aliphatic rings. The van der Waals surface area contributed by atoms with E-state index >= 15 is 0 Å². The van der Waals surface area contributed by atoms with Gasteiger partial charge in [-0.15, -0.1) is 0 Å². The minimum absolute atomic E-state index is 0.00400. The van der Waals surface area contributed by atoms with Gasteiger partial charge >= 0.3 is 0 Å². The highest BCUT2D eigenvalue weighted by atomic mass is 35.5. The second kappa shape index (κ2) is 9.53. The van der Waals surface area contributed by atoms with Crippen molar-refractivity contribution in [2.24, 2.45) is 0 Å². The standard InChI is InChI=1S/C22H21ClN2O5S/c1-13(2)16-6-4-14(3)10-19(16)30-9-8-24-21(26)20(31-22(24)27)12-15-5-7-17(23)18(11-15)25(28)29/h4-7,10-13H,8-9H2,1-3H3/b20-12-. The third kappa shape index (κ3) is 5.26. The summed E-state index contributed by atoms with van der Waals surface area (Å²) in [6.45, 7) is 6.38. The van der Waals surface area contributed by atoms with Gasteiger partial charge in [0.2, 0.25) is 0 Å². The number of benzene rings is 2. The summed E-state index contributed by atoms with van der Waals surface area (Å²) < 4.78 is 5.88. The van der Waals surface area contributed by atoms with Crippen molar-refractivity contribution >= 4 is 46.3 Å². The molecule has 9 heteroatoms. The number of nitro benzene ring substituents is 1. The second-order valence-corrected chi connectivity index (χ2v) is 8.75. The minimum Gasteiger partial charge on any atom is -0.491 e. The molecule has 0 saturated carbocycles. The molecule has 7 nitrogen and oxygen atoms in total. The monoisotopic (exact) mass is 460 g/mol. The van der Waals surface area contributed by atoms with Crippen LogP contribution in [0.15, 0.2) is 41.3 Å². The first-order valence-corrected chi connectivity index (χ1v) is 10.8. The van der Waals surface area contributed by atoms with Crippen LogP contribution in [0, 0.1) is 17.0 Å². The summed E-state index contributed by atoms with van der Waals surface area (Å²) in [4.78, 5) is 36.8. The van der Waals surface area contributed by atoms with Gasteiger partial charge in [-0.2, -0.15) is 0 Å². The van der Waals surface area contributed by atoms with E-state index in [4.69, 9.17) is 16.3 Å². The van der Waals surface area contributed by atoms with E-state index in [9.17, 15) is 19.7 Å². The molecule has 3 rings (SSSR count). The molecule has 31 heavy (non-hydrogen) atoms. The Morgan fingerprint density at radius 1 is 1.23 bits per heavy atom. The van der Waals surface area contributed by atoms with Gasteiger partial charge in [-0.1, -0.05) is 43.6 Å². The number of carbonyl (C=O) groups excluding carboxylic acids is 2. The summed E-state index contributed by atoms with van der Waals surface area (Å²) in [5, 5.41) is 10.7. The number of thioether (sulfide) groups is 1. The van der Waals surface area contributed by atoms with Gasteiger partial charge in [0.25, 0.3) is 16.8 Å². The number of carbonyl (C=O) groups is 2. The molecule has 1 heterocycles. The van der Waals surface area contributed by atoms with Gasteiger partial charge in [0.15, 0.2) is 0 Å². The first-order chi connectivity index (χ1) is 14.7. The third-order valence-corrected chi connectivity index (χ3v) is 5.93. The number of hydrogen-bond acceptors (Lipinski definition) is 6. The highest BCUT2D eigenvalue weighted by Gasteiger charge is 2.35. The van der Waals surface area contributed by atoms with Gasteiger partial charge in [0.05, 0.1) is 16.4 Å². The van der Waals surface area contributed by atoms with Gasteiger partial charge in [-0.3, -0.25) is 24.6 Å². The molecule has 1 aliphatic heterocycles. The van der Waals surface area contributed by atoms with Crippen molar-refractivity contribution in [3.63, 3.8) is 0 Å². The summed E-state index contributed by atoms with van der Waals surface area (Å²) >= 11 is 6.61. The van der Waals surface area contributed by atoms with Crippen molar-refractivity contribution in [2.75, 3.05) is 13.2 Å². The summed E-state index contributed by atoms with van der Waals surface area (Å²) in [5.74, 6) is 0.565. The van der Waals surface area contributed by atoms with Crippen molar-refractivity contribution in [1.29, 1.82) is 0 Å². The Hall–Kier alpha value is -2.84. The smallest absolute Gasteiger partial charge is 0.293 e. The molecule has 0 atom stereocenters. The summed E-state index contributed by atoms with van der Waals surface area (Å²) in [5.41, 5.74) is 2.27. The molecular weight excluding hydrogens is 440 g/mol. The normalized spacial score (nSPS) is 15.3. The lowest BCUT2D eigenvalue weighted by atomic mass is 10.0. The molecule has 0 N–H and O–H groups in total. The molecule has 0 aliphatic carbocycles. The van der Waals surface area contributed by atoms with Gasteiger partial charge in [-0.25, -0.2) is 0 Å². The summed E-state index contributed by atoms with van der Waals surface area (Å²) in [6.07, 6.45) is 1.45. The quantitative estimate of drug-likeness (QED) is 0.295. The van der Waals surface area contributed by atoms with Gasteiger partial charge < -0.3 is 4.74 Å². The lowest BCUT2D eigenvalue weighted by molar-refractivity contribution is -0.384. The lowest BCUT2D eigenvalue weighted by Gasteiger charge is -2.17. The van der Waals surface area contributed by atoms with Crippen LogP contribution in [-0.4, -0.2) is 34.1 Å². The number of nitrogens with zero attached hydrogens (tertiary/aromatic N) is 2. The predicted molar refractivity (Wildman–Crippen MR) is 122 cm³/mol. The van der Waals surface area contributed by atoms with Crippen LogP contribution in [0.1, 0.15) is 36.5 Å². The van der Waals surface area contributed by atoms with Crippen LogP contribution in [-0.2, 0) is 4.79 Å². The van der Waals surface area contributed by atoms with E-state index in [1.165, 1.54) is 18.2 Å². The second-order valence-electron chi connectivity index (χ2n) is 7.35. The Labute approximate surface area is 189 Å². The molecular formula is C22H21ClN2O5S.